The SMILES string of the molecule is CCC[C@@H]1CCC[C@H]1CN. The largest absolute Gasteiger partial charge is 0.330 e. The highest BCUT2D eigenvalue weighted by Crippen LogP contribution is 2.33. The fourth-order valence-electron chi connectivity index (χ4n) is 2.17. The summed E-state index contributed by atoms with van der Waals surface area (Å²) < 4.78 is 0. The van der Waals surface area contributed by atoms with E-state index in [2.05, 4.69) is 6.92 Å². The molecule has 0 aromatic rings. The Bertz CT molecular complexity index is 90.7. The molecule has 2 N–H and O–H groups in total. The van der Waals surface area contributed by atoms with Crippen molar-refractivity contribution in [3.63, 3.8) is 0 Å². The molecule has 1 saturated carbocycles. The van der Waals surface area contributed by atoms with Crippen molar-refractivity contribution in [2.24, 2.45) is 17.6 Å². The molecule has 0 bridgehead atoms. The van der Waals surface area contributed by atoms with E-state index in [4.69, 9.17) is 5.73 Å². The van der Waals surface area contributed by atoms with Gasteiger partial charge < -0.3 is 5.73 Å². The summed E-state index contributed by atoms with van der Waals surface area (Å²) in [5, 5.41) is 0. The Hall–Kier alpha value is -0.0400. The van der Waals surface area contributed by atoms with Gasteiger partial charge in [-0.3, -0.25) is 0 Å². The van der Waals surface area contributed by atoms with Crippen molar-refractivity contribution in [3.05, 3.63) is 0 Å². The fraction of sp³-hybridized carbons (Fsp3) is 1.00. The normalized spacial score (nSPS) is 33.0. The molecule has 0 aromatic heterocycles. The van der Waals surface area contributed by atoms with Crippen molar-refractivity contribution in [1.29, 1.82) is 0 Å². The average Bonchev–Trinajstić information content (AvgIpc) is 2.36. The Morgan fingerprint density at radius 3 is 2.60 bits per heavy atom. The Labute approximate surface area is 64.0 Å². The fourth-order valence-corrected chi connectivity index (χ4v) is 2.17. The highest BCUT2D eigenvalue weighted by molar-refractivity contribution is 4.77. The number of nitrogens with two attached hydrogens (primary N) is 1. The van der Waals surface area contributed by atoms with Crippen LogP contribution >= 0.6 is 0 Å². The lowest BCUT2D eigenvalue weighted by Gasteiger charge is -2.15. The summed E-state index contributed by atoms with van der Waals surface area (Å²) in [7, 11) is 0. The third-order valence-corrected chi connectivity index (χ3v) is 2.78. The summed E-state index contributed by atoms with van der Waals surface area (Å²) in [6, 6.07) is 0. The van der Waals surface area contributed by atoms with Crippen LogP contribution < -0.4 is 5.73 Å². The van der Waals surface area contributed by atoms with E-state index >= 15 is 0 Å². The molecule has 0 saturated heterocycles. The lowest BCUT2D eigenvalue weighted by Crippen LogP contribution is -2.18. The number of hydrogen-bond acceptors (Lipinski definition) is 1. The Balaban J connectivity index is 2.27. The quantitative estimate of drug-likeness (QED) is 0.640. The highest BCUT2D eigenvalue weighted by atomic mass is 14.6. The van der Waals surface area contributed by atoms with E-state index in [0.717, 1.165) is 18.4 Å². The molecular formula is C9H19N. The van der Waals surface area contributed by atoms with Gasteiger partial charge in [0.05, 0.1) is 0 Å². The van der Waals surface area contributed by atoms with E-state index in [0.29, 0.717) is 0 Å². The molecule has 0 aliphatic heterocycles. The van der Waals surface area contributed by atoms with Crippen molar-refractivity contribution in [3.8, 4) is 0 Å². The summed E-state index contributed by atoms with van der Waals surface area (Å²) in [5.41, 5.74) is 5.65. The van der Waals surface area contributed by atoms with Gasteiger partial charge in [-0.05, 0) is 24.8 Å². The zero-order valence-corrected chi connectivity index (χ0v) is 6.97. The van der Waals surface area contributed by atoms with E-state index < -0.39 is 0 Å². The Morgan fingerprint density at radius 2 is 2.00 bits per heavy atom. The number of hydrogen-bond donors (Lipinski definition) is 1. The maximum atomic E-state index is 5.65. The van der Waals surface area contributed by atoms with Gasteiger partial charge in [0, 0.05) is 0 Å². The van der Waals surface area contributed by atoms with Crippen LogP contribution in [0.25, 0.3) is 0 Å². The molecule has 0 unspecified atom stereocenters. The summed E-state index contributed by atoms with van der Waals surface area (Å²) in [6.07, 6.45) is 6.99. The summed E-state index contributed by atoms with van der Waals surface area (Å²) in [5.74, 6) is 1.83. The molecule has 60 valence electrons. The predicted octanol–water partition coefficient (Wildman–Crippen LogP) is 2.16. The third kappa shape index (κ3) is 1.72. The zero-order valence-electron chi connectivity index (χ0n) is 6.97. The molecule has 1 fully saturated rings. The van der Waals surface area contributed by atoms with E-state index in [1.54, 1.807) is 0 Å². The second-order valence-electron chi connectivity index (χ2n) is 3.48. The molecule has 1 heteroatoms. The molecule has 1 rings (SSSR count). The Morgan fingerprint density at radius 1 is 1.30 bits per heavy atom. The van der Waals surface area contributed by atoms with Crippen LogP contribution in [-0.2, 0) is 0 Å². The van der Waals surface area contributed by atoms with Crippen LogP contribution in [0.4, 0.5) is 0 Å². The first kappa shape index (κ1) is 8.06. The van der Waals surface area contributed by atoms with Gasteiger partial charge in [0.15, 0.2) is 0 Å². The van der Waals surface area contributed by atoms with Crippen LogP contribution in [0.2, 0.25) is 0 Å². The molecule has 1 aliphatic rings. The van der Waals surface area contributed by atoms with Crippen molar-refractivity contribution in [1.82, 2.24) is 0 Å². The van der Waals surface area contributed by atoms with Gasteiger partial charge in [0.2, 0.25) is 0 Å². The minimum Gasteiger partial charge on any atom is -0.330 e. The van der Waals surface area contributed by atoms with Gasteiger partial charge in [0.1, 0.15) is 0 Å². The monoisotopic (exact) mass is 141 g/mol. The highest BCUT2D eigenvalue weighted by Gasteiger charge is 2.24. The second-order valence-corrected chi connectivity index (χ2v) is 3.48. The summed E-state index contributed by atoms with van der Waals surface area (Å²) >= 11 is 0. The minimum atomic E-state index is 0.861. The molecule has 0 aromatic carbocycles. The van der Waals surface area contributed by atoms with Crippen molar-refractivity contribution >= 4 is 0 Å². The summed E-state index contributed by atoms with van der Waals surface area (Å²) in [4.78, 5) is 0. The molecule has 0 radical (unpaired) electrons. The zero-order chi connectivity index (χ0) is 7.40. The van der Waals surface area contributed by atoms with E-state index in [1.807, 2.05) is 0 Å². The lowest BCUT2D eigenvalue weighted by molar-refractivity contribution is 0.369. The van der Waals surface area contributed by atoms with Gasteiger partial charge in [-0.2, -0.15) is 0 Å². The van der Waals surface area contributed by atoms with Gasteiger partial charge in [-0.15, -0.1) is 0 Å². The van der Waals surface area contributed by atoms with Crippen LogP contribution in [0.3, 0.4) is 0 Å². The van der Waals surface area contributed by atoms with Crippen LogP contribution in [0.5, 0.6) is 0 Å². The van der Waals surface area contributed by atoms with Gasteiger partial charge >= 0.3 is 0 Å². The van der Waals surface area contributed by atoms with Crippen molar-refractivity contribution < 1.29 is 0 Å². The Kier molecular flexibility index (Phi) is 3.20. The minimum absolute atomic E-state index is 0.861. The molecule has 0 heterocycles. The average molecular weight is 141 g/mol. The standard InChI is InChI=1S/C9H19N/c1-2-4-8-5-3-6-9(8)7-10/h8-9H,2-7,10H2,1H3/t8-,9+/m1/s1. The maximum Gasteiger partial charge on any atom is -0.00462 e. The van der Waals surface area contributed by atoms with E-state index in [9.17, 15) is 0 Å². The van der Waals surface area contributed by atoms with Crippen LogP contribution in [0.15, 0.2) is 0 Å². The molecule has 0 amide bonds. The van der Waals surface area contributed by atoms with Crippen molar-refractivity contribution in [2.75, 3.05) is 6.54 Å². The molecule has 10 heavy (non-hydrogen) atoms. The number of rotatable bonds is 3. The first-order chi connectivity index (χ1) is 4.88. The maximum absolute atomic E-state index is 5.65. The first-order valence-corrected chi connectivity index (χ1v) is 4.58. The first-order valence-electron chi connectivity index (χ1n) is 4.58. The molecule has 1 aliphatic carbocycles. The lowest BCUT2D eigenvalue weighted by atomic mass is 9.92. The topological polar surface area (TPSA) is 26.0 Å². The molecule has 2 atom stereocenters. The van der Waals surface area contributed by atoms with Crippen molar-refractivity contribution in [2.45, 2.75) is 39.0 Å². The molecule has 1 nitrogen and oxygen atoms in total. The van der Waals surface area contributed by atoms with Gasteiger partial charge in [0.25, 0.3) is 0 Å². The second kappa shape index (κ2) is 3.97. The predicted molar refractivity (Wildman–Crippen MR) is 44.8 cm³/mol. The van der Waals surface area contributed by atoms with Gasteiger partial charge in [-0.25, -0.2) is 0 Å². The molecular weight excluding hydrogens is 122 g/mol. The van der Waals surface area contributed by atoms with E-state index in [-0.39, 0.29) is 0 Å². The van der Waals surface area contributed by atoms with Crippen LogP contribution in [0, 0.1) is 11.8 Å². The third-order valence-electron chi connectivity index (χ3n) is 2.78. The summed E-state index contributed by atoms with van der Waals surface area (Å²) in [6.45, 7) is 3.19. The van der Waals surface area contributed by atoms with E-state index in [1.165, 1.54) is 32.1 Å². The van der Waals surface area contributed by atoms with Gasteiger partial charge in [-0.1, -0.05) is 32.6 Å². The van der Waals surface area contributed by atoms with Crippen LogP contribution in [0.1, 0.15) is 39.0 Å². The van der Waals surface area contributed by atoms with Crippen LogP contribution in [-0.4, -0.2) is 6.54 Å². The smallest absolute Gasteiger partial charge is 0.00462 e. The molecule has 0 spiro atoms.